The molecule has 1 aromatic heterocycles. The molecule has 1 N–H and O–H groups in total. The van der Waals surface area contributed by atoms with E-state index in [0.717, 1.165) is 16.8 Å². The van der Waals surface area contributed by atoms with Crippen LogP contribution in [0.3, 0.4) is 0 Å². The van der Waals surface area contributed by atoms with Crippen molar-refractivity contribution < 1.29 is 4.79 Å². The van der Waals surface area contributed by atoms with Crippen LogP contribution in [0.4, 0.5) is 11.9 Å². The minimum Gasteiger partial charge on any atom is -0.350 e. The number of hydrogen-bond donors (Lipinski definition) is 1. The Hall–Kier alpha value is -3.93. The van der Waals surface area contributed by atoms with Crippen molar-refractivity contribution in [1.82, 2.24) is 14.8 Å². The van der Waals surface area contributed by atoms with Crippen molar-refractivity contribution in [3.05, 3.63) is 102 Å². The minimum atomic E-state index is -0.112. The van der Waals surface area contributed by atoms with Crippen LogP contribution in [0.1, 0.15) is 18.1 Å². The molecule has 0 aliphatic heterocycles. The van der Waals surface area contributed by atoms with E-state index in [0.29, 0.717) is 25.0 Å². The van der Waals surface area contributed by atoms with E-state index < -0.39 is 0 Å². The van der Waals surface area contributed by atoms with Crippen LogP contribution < -0.4 is 10.2 Å². The number of nitrogens with one attached hydrogen (secondary N) is 1. The fourth-order valence-electron chi connectivity index (χ4n) is 3.15. The molecule has 0 aliphatic rings. The number of benzene rings is 3. The predicted molar refractivity (Wildman–Crippen MR) is 118 cm³/mol. The Morgan fingerprint density at radius 3 is 2.03 bits per heavy atom. The summed E-state index contributed by atoms with van der Waals surface area (Å²) >= 11 is 0. The number of amides is 1. The van der Waals surface area contributed by atoms with Crippen molar-refractivity contribution in [2.45, 2.75) is 20.0 Å². The average Bonchev–Trinajstić information content (AvgIpc) is 3.22. The maximum atomic E-state index is 12.4. The summed E-state index contributed by atoms with van der Waals surface area (Å²) in [5, 5.41) is 8.02. The number of aromatic nitrogens is 3. The topological polar surface area (TPSA) is 63.1 Å². The van der Waals surface area contributed by atoms with Gasteiger partial charge in [-0.3, -0.25) is 9.69 Å². The molecule has 3 aromatic carbocycles. The summed E-state index contributed by atoms with van der Waals surface area (Å²) in [5.74, 6) is 0.837. The Labute approximate surface area is 175 Å². The van der Waals surface area contributed by atoms with E-state index in [4.69, 9.17) is 0 Å². The van der Waals surface area contributed by atoms with Crippen molar-refractivity contribution in [3.8, 4) is 5.69 Å². The molecule has 0 saturated heterocycles. The molecular weight excluding hydrogens is 374 g/mol. The van der Waals surface area contributed by atoms with Gasteiger partial charge < -0.3 is 5.32 Å². The summed E-state index contributed by atoms with van der Waals surface area (Å²) in [5.41, 5.74) is 3.02. The second kappa shape index (κ2) is 9.05. The first-order valence-electron chi connectivity index (χ1n) is 9.83. The third kappa shape index (κ3) is 4.55. The minimum absolute atomic E-state index is 0.112. The van der Waals surface area contributed by atoms with Crippen molar-refractivity contribution in [3.63, 3.8) is 0 Å². The van der Waals surface area contributed by atoms with Gasteiger partial charge in [0.15, 0.2) is 0 Å². The van der Waals surface area contributed by atoms with E-state index in [1.807, 2.05) is 78.9 Å². The van der Waals surface area contributed by atoms with Crippen LogP contribution in [0.25, 0.3) is 5.69 Å². The van der Waals surface area contributed by atoms with Gasteiger partial charge in [-0.05, 0) is 23.3 Å². The molecule has 0 bridgehead atoms. The first-order valence-corrected chi connectivity index (χ1v) is 9.83. The van der Waals surface area contributed by atoms with E-state index in [-0.39, 0.29) is 5.91 Å². The van der Waals surface area contributed by atoms with Gasteiger partial charge in [-0.15, -0.1) is 5.10 Å². The average molecular weight is 397 g/mol. The van der Waals surface area contributed by atoms with E-state index in [1.165, 1.54) is 6.92 Å². The zero-order valence-corrected chi connectivity index (χ0v) is 16.8. The highest BCUT2D eigenvalue weighted by Gasteiger charge is 2.20. The van der Waals surface area contributed by atoms with E-state index in [1.54, 1.807) is 9.58 Å². The van der Waals surface area contributed by atoms with Gasteiger partial charge in [-0.25, -0.2) is 0 Å². The van der Waals surface area contributed by atoms with Crippen LogP contribution in [0, 0.1) is 0 Å². The first kappa shape index (κ1) is 19.4. The molecule has 0 radical (unpaired) electrons. The highest BCUT2D eigenvalue weighted by atomic mass is 16.2. The van der Waals surface area contributed by atoms with Crippen LogP contribution in [0.2, 0.25) is 0 Å². The summed E-state index contributed by atoms with van der Waals surface area (Å²) in [4.78, 5) is 18.7. The molecule has 0 atom stereocenters. The molecule has 30 heavy (non-hydrogen) atoms. The normalized spacial score (nSPS) is 10.6. The Morgan fingerprint density at radius 2 is 1.43 bits per heavy atom. The molecule has 1 heterocycles. The molecule has 6 nitrogen and oxygen atoms in total. The summed E-state index contributed by atoms with van der Waals surface area (Å²) in [7, 11) is 0. The van der Waals surface area contributed by atoms with E-state index in [9.17, 15) is 4.79 Å². The smallest absolute Gasteiger partial charge is 0.254 e. The molecule has 1 amide bonds. The number of para-hydroxylation sites is 1. The monoisotopic (exact) mass is 397 g/mol. The lowest BCUT2D eigenvalue weighted by molar-refractivity contribution is -0.116. The lowest BCUT2D eigenvalue weighted by atomic mass is 10.2. The van der Waals surface area contributed by atoms with Crippen molar-refractivity contribution in [2.24, 2.45) is 0 Å². The lowest BCUT2D eigenvalue weighted by Crippen LogP contribution is -2.29. The van der Waals surface area contributed by atoms with Crippen LogP contribution in [-0.4, -0.2) is 20.7 Å². The third-order valence-electron chi connectivity index (χ3n) is 4.70. The SMILES string of the molecule is CC(=O)N(Cc1ccccc1)c1nc(NCc2ccccc2)n(-c2ccccc2)n1. The van der Waals surface area contributed by atoms with Gasteiger partial charge in [-0.1, -0.05) is 78.9 Å². The second-order valence-electron chi connectivity index (χ2n) is 6.91. The van der Waals surface area contributed by atoms with Gasteiger partial charge in [0.1, 0.15) is 0 Å². The Balaban J connectivity index is 1.67. The summed E-state index contributed by atoms with van der Waals surface area (Å²) in [6, 6.07) is 29.7. The molecule has 0 unspecified atom stereocenters. The fraction of sp³-hybridized carbons (Fsp3) is 0.125. The largest absolute Gasteiger partial charge is 0.350 e. The van der Waals surface area contributed by atoms with Gasteiger partial charge in [0, 0.05) is 13.5 Å². The molecule has 4 rings (SSSR count). The Kier molecular flexibility index (Phi) is 5.85. The Morgan fingerprint density at radius 1 is 0.867 bits per heavy atom. The van der Waals surface area contributed by atoms with Crippen molar-refractivity contribution in [2.75, 3.05) is 10.2 Å². The predicted octanol–water partition coefficient (Wildman–Crippen LogP) is 4.43. The van der Waals surface area contributed by atoms with Crippen LogP contribution in [-0.2, 0) is 17.9 Å². The molecule has 0 spiro atoms. The van der Waals surface area contributed by atoms with Gasteiger partial charge in [-0.2, -0.15) is 9.67 Å². The standard InChI is InChI=1S/C24H23N5O/c1-19(30)28(18-21-13-7-3-8-14-21)24-26-23(25-17-20-11-5-2-6-12-20)29(27-24)22-15-9-4-10-16-22/h2-16H,17-18H2,1H3,(H,25,26,27). The molecule has 6 heteroatoms. The van der Waals surface area contributed by atoms with E-state index >= 15 is 0 Å². The number of carbonyl (C=O) groups is 1. The van der Waals surface area contributed by atoms with Gasteiger partial charge in [0.25, 0.3) is 5.95 Å². The quantitative estimate of drug-likeness (QED) is 0.501. The number of carbonyl (C=O) groups excluding carboxylic acids is 1. The Bertz CT molecular complexity index is 1090. The van der Waals surface area contributed by atoms with Crippen LogP contribution >= 0.6 is 0 Å². The maximum Gasteiger partial charge on any atom is 0.254 e. The molecule has 0 fully saturated rings. The second-order valence-corrected chi connectivity index (χ2v) is 6.91. The van der Waals surface area contributed by atoms with Gasteiger partial charge in [0.05, 0.1) is 12.2 Å². The molecule has 0 aliphatic carbocycles. The lowest BCUT2D eigenvalue weighted by Gasteiger charge is -2.16. The highest BCUT2D eigenvalue weighted by Crippen LogP contribution is 2.21. The fourth-order valence-corrected chi connectivity index (χ4v) is 3.15. The highest BCUT2D eigenvalue weighted by molar-refractivity contribution is 5.89. The molecular formula is C24H23N5O. The summed E-state index contributed by atoms with van der Waals surface area (Å²) < 4.78 is 1.74. The third-order valence-corrected chi connectivity index (χ3v) is 4.70. The summed E-state index contributed by atoms with van der Waals surface area (Å²) in [6.07, 6.45) is 0. The number of nitrogens with zero attached hydrogens (tertiary/aromatic N) is 4. The van der Waals surface area contributed by atoms with Crippen LogP contribution in [0.5, 0.6) is 0 Å². The summed E-state index contributed by atoms with van der Waals surface area (Å²) in [6.45, 7) is 2.54. The number of rotatable bonds is 7. The van der Waals surface area contributed by atoms with Gasteiger partial charge in [0.2, 0.25) is 11.9 Å². The number of anilines is 2. The van der Waals surface area contributed by atoms with Crippen molar-refractivity contribution >= 4 is 17.8 Å². The first-order chi connectivity index (χ1) is 14.7. The maximum absolute atomic E-state index is 12.4. The molecule has 150 valence electrons. The zero-order valence-electron chi connectivity index (χ0n) is 16.8. The van der Waals surface area contributed by atoms with Crippen LogP contribution in [0.15, 0.2) is 91.0 Å². The number of hydrogen-bond acceptors (Lipinski definition) is 4. The molecule has 0 saturated carbocycles. The zero-order chi connectivity index (χ0) is 20.8. The van der Waals surface area contributed by atoms with E-state index in [2.05, 4.69) is 27.5 Å². The molecule has 4 aromatic rings. The van der Waals surface area contributed by atoms with Gasteiger partial charge >= 0.3 is 0 Å². The van der Waals surface area contributed by atoms with Crippen molar-refractivity contribution in [1.29, 1.82) is 0 Å².